The molecule has 0 aliphatic carbocycles. The second-order valence-electron chi connectivity index (χ2n) is 16.5. The molecule has 0 unspecified atom stereocenters. The van der Waals surface area contributed by atoms with E-state index in [1.807, 2.05) is 6.08 Å². The summed E-state index contributed by atoms with van der Waals surface area (Å²) in [5, 5.41) is 23.0. The molecule has 0 aromatic carbocycles. The highest BCUT2D eigenvalue weighted by Crippen LogP contribution is 2.17. The van der Waals surface area contributed by atoms with Crippen molar-refractivity contribution in [2.75, 3.05) is 6.61 Å². The summed E-state index contributed by atoms with van der Waals surface area (Å²) in [6, 6.07) is -0.616. The number of rotatable bonds is 44. The van der Waals surface area contributed by atoms with Crippen molar-refractivity contribution in [2.24, 2.45) is 0 Å². The summed E-state index contributed by atoms with van der Waals surface area (Å²) in [6.07, 6.45) is 56.3. The number of aliphatic hydroxyl groups is 2. The molecule has 0 rings (SSSR count). The van der Waals surface area contributed by atoms with Crippen LogP contribution in [0, 0.1) is 0 Å². The molecule has 0 saturated heterocycles. The molecule has 4 nitrogen and oxygen atoms in total. The van der Waals surface area contributed by atoms with E-state index in [1.165, 1.54) is 225 Å². The van der Waals surface area contributed by atoms with Gasteiger partial charge in [-0.05, 0) is 19.3 Å². The molecule has 1 amide bonds. The first-order chi connectivity index (χ1) is 25.7. The van der Waals surface area contributed by atoms with Crippen LogP contribution in [0.25, 0.3) is 0 Å². The molecular formula is C48H95NO3. The van der Waals surface area contributed by atoms with Crippen molar-refractivity contribution >= 4 is 5.91 Å². The average Bonchev–Trinajstić information content (AvgIpc) is 3.15. The Bertz CT molecular complexity index is 710. The molecule has 0 radical (unpaired) electrons. The molecular weight excluding hydrogens is 639 g/mol. The van der Waals surface area contributed by atoms with Crippen molar-refractivity contribution in [3.05, 3.63) is 12.2 Å². The fourth-order valence-electron chi connectivity index (χ4n) is 7.59. The van der Waals surface area contributed by atoms with Crippen molar-refractivity contribution in [2.45, 2.75) is 283 Å². The van der Waals surface area contributed by atoms with E-state index in [9.17, 15) is 15.0 Å². The van der Waals surface area contributed by atoms with Gasteiger partial charge in [-0.1, -0.05) is 257 Å². The van der Waals surface area contributed by atoms with Crippen molar-refractivity contribution in [1.29, 1.82) is 0 Å². The summed E-state index contributed by atoms with van der Waals surface area (Å²) in [6.45, 7) is 4.32. The monoisotopic (exact) mass is 734 g/mol. The summed E-state index contributed by atoms with van der Waals surface area (Å²) in [5.74, 6) is -0.0593. The molecule has 52 heavy (non-hydrogen) atoms. The summed E-state index contributed by atoms with van der Waals surface area (Å²) in [4.78, 5) is 12.4. The topological polar surface area (TPSA) is 69.6 Å². The van der Waals surface area contributed by atoms with Crippen LogP contribution in [0.2, 0.25) is 0 Å². The van der Waals surface area contributed by atoms with E-state index in [-0.39, 0.29) is 12.5 Å². The fourth-order valence-corrected chi connectivity index (χ4v) is 7.59. The average molecular weight is 734 g/mol. The molecule has 3 N–H and O–H groups in total. The van der Waals surface area contributed by atoms with Crippen LogP contribution in [0.5, 0.6) is 0 Å². The van der Waals surface area contributed by atoms with Crippen molar-refractivity contribution in [3.63, 3.8) is 0 Å². The summed E-state index contributed by atoms with van der Waals surface area (Å²) >= 11 is 0. The molecule has 0 aliphatic rings. The lowest BCUT2D eigenvalue weighted by Crippen LogP contribution is -2.45. The van der Waals surface area contributed by atoms with E-state index < -0.39 is 12.1 Å². The van der Waals surface area contributed by atoms with Crippen LogP contribution in [-0.4, -0.2) is 34.9 Å². The third-order valence-corrected chi connectivity index (χ3v) is 11.3. The van der Waals surface area contributed by atoms with Crippen LogP contribution in [0.1, 0.15) is 271 Å². The number of aliphatic hydroxyl groups excluding tert-OH is 2. The SMILES string of the molecule is CCCCCCCCCCCC/C=C/[C@@H](O)[C@H](CO)NC(=O)CCCCCCCCCCCCCCCCCCCCCCCCCCCCCC. The molecule has 0 fully saturated rings. The normalized spacial score (nSPS) is 12.9. The van der Waals surface area contributed by atoms with Crippen molar-refractivity contribution < 1.29 is 15.0 Å². The number of nitrogens with one attached hydrogen (secondary N) is 1. The predicted octanol–water partition coefficient (Wildman–Crippen LogP) is 15.0. The van der Waals surface area contributed by atoms with Gasteiger partial charge in [0, 0.05) is 6.42 Å². The van der Waals surface area contributed by atoms with Gasteiger partial charge in [0.15, 0.2) is 0 Å². The number of amides is 1. The van der Waals surface area contributed by atoms with Gasteiger partial charge in [-0.3, -0.25) is 4.79 Å². The second-order valence-corrected chi connectivity index (χ2v) is 16.5. The number of carbonyl (C=O) groups is 1. The van der Waals surface area contributed by atoms with Gasteiger partial charge in [-0.25, -0.2) is 0 Å². The third kappa shape index (κ3) is 40.3. The highest BCUT2D eigenvalue weighted by Gasteiger charge is 2.18. The van der Waals surface area contributed by atoms with Gasteiger partial charge in [-0.15, -0.1) is 0 Å². The minimum absolute atomic E-state index is 0.0593. The summed E-state index contributed by atoms with van der Waals surface area (Å²) in [5.41, 5.74) is 0. The maximum atomic E-state index is 12.4. The first-order valence-electron chi connectivity index (χ1n) is 23.9. The summed E-state index contributed by atoms with van der Waals surface area (Å²) in [7, 11) is 0. The Labute approximate surface area is 327 Å². The van der Waals surface area contributed by atoms with Crippen LogP contribution in [-0.2, 0) is 4.79 Å². The molecule has 0 heterocycles. The number of hydrogen-bond donors (Lipinski definition) is 3. The van der Waals surface area contributed by atoms with E-state index >= 15 is 0 Å². The lowest BCUT2D eigenvalue weighted by atomic mass is 10.0. The predicted molar refractivity (Wildman–Crippen MR) is 230 cm³/mol. The van der Waals surface area contributed by atoms with E-state index in [0.29, 0.717) is 6.42 Å². The Balaban J connectivity index is 3.42. The smallest absolute Gasteiger partial charge is 0.220 e. The van der Waals surface area contributed by atoms with E-state index in [4.69, 9.17) is 0 Å². The van der Waals surface area contributed by atoms with Crippen LogP contribution in [0.3, 0.4) is 0 Å². The first kappa shape index (κ1) is 51.1. The molecule has 310 valence electrons. The molecule has 4 heteroatoms. The van der Waals surface area contributed by atoms with Crippen molar-refractivity contribution in [3.8, 4) is 0 Å². The highest BCUT2D eigenvalue weighted by atomic mass is 16.3. The van der Waals surface area contributed by atoms with Gasteiger partial charge in [0.25, 0.3) is 0 Å². The van der Waals surface area contributed by atoms with Gasteiger partial charge >= 0.3 is 0 Å². The van der Waals surface area contributed by atoms with Crippen LogP contribution >= 0.6 is 0 Å². The minimum Gasteiger partial charge on any atom is -0.394 e. The maximum absolute atomic E-state index is 12.4. The van der Waals surface area contributed by atoms with Gasteiger partial charge in [0.05, 0.1) is 18.8 Å². The van der Waals surface area contributed by atoms with Crippen LogP contribution in [0.15, 0.2) is 12.2 Å². The molecule has 0 bridgehead atoms. The quantitative estimate of drug-likeness (QED) is 0.0431. The second kappa shape index (κ2) is 44.5. The Kier molecular flexibility index (Phi) is 43.8. The maximum Gasteiger partial charge on any atom is 0.220 e. The molecule has 2 atom stereocenters. The molecule has 0 aromatic rings. The van der Waals surface area contributed by atoms with E-state index in [2.05, 4.69) is 19.2 Å². The molecule has 0 spiro atoms. The lowest BCUT2D eigenvalue weighted by molar-refractivity contribution is -0.123. The zero-order valence-electron chi connectivity index (χ0n) is 35.6. The largest absolute Gasteiger partial charge is 0.394 e. The number of allylic oxidation sites excluding steroid dienone is 1. The van der Waals surface area contributed by atoms with Crippen LogP contribution < -0.4 is 5.32 Å². The fraction of sp³-hybridized carbons (Fsp3) is 0.938. The Morgan fingerprint density at radius 1 is 0.442 bits per heavy atom. The van der Waals surface area contributed by atoms with Crippen molar-refractivity contribution in [1.82, 2.24) is 5.32 Å². The lowest BCUT2D eigenvalue weighted by Gasteiger charge is -2.20. The summed E-state index contributed by atoms with van der Waals surface area (Å²) < 4.78 is 0. The number of unbranched alkanes of at least 4 members (excludes halogenated alkanes) is 37. The zero-order chi connectivity index (χ0) is 37.8. The Morgan fingerprint density at radius 3 is 1.00 bits per heavy atom. The van der Waals surface area contributed by atoms with E-state index in [0.717, 1.165) is 25.7 Å². The number of carbonyl (C=O) groups excluding carboxylic acids is 1. The standard InChI is InChI=1S/C48H95NO3/c1-3-5-7-9-11-13-15-17-18-19-20-21-22-23-24-25-26-27-28-29-30-31-32-34-36-38-40-42-44-48(52)49-46(45-50)47(51)43-41-39-37-35-33-16-14-12-10-8-6-4-2/h41,43,46-47,50-51H,3-40,42,44-45H2,1-2H3,(H,49,52)/b43-41+/t46-,47+/m0/s1. The molecule has 0 aromatic heterocycles. The van der Waals surface area contributed by atoms with E-state index in [1.54, 1.807) is 6.08 Å². The van der Waals surface area contributed by atoms with Gasteiger partial charge in [0.1, 0.15) is 0 Å². The number of hydrogen-bond acceptors (Lipinski definition) is 3. The van der Waals surface area contributed by atoms with Gasteiger partial charge in [0.2, 0.25) is 5.91 Å². The van der Waals surface area contributed by atoms with Gasteiger partial charge in [-0.2, -0.15) is 0 Å². The van der Waals surface area contributed by atoms with Crippen LogP contribution in [0.4, 0.5) is 0 Å². The minimum atomic E-state index is -0.833. The van der Waals surface area contributed by atoms with Gasteiger partial charge < -0.3 is 15.5 Å². The molecule has 0 saturated carbocycles. The Morgan fingerprint density at radius 2 is 0.712 bits per heavy atom. The Hall–Kier alpha value is -0.870. The third-order valence-electron chi connectivity index (χ3n) is 11.3. The zero-order valence-corrected chi connectivity index (χ0v) is 35.6. The highest BCUT2D eigenvalue weighted by molar-refractivity contribution is 5.76. The first-order valence-corrected chi connectivity index (χ1v) is 23.9. The molecule has 0 aliphatic heterocycles.